The molecule has 0 aliphatic heterocycles. The van der Waals surface area contributed by atoms with Gasteiger partial charge in [0.15, 0.2) is 0 Å². The lowest BCUT2D eigenvalue weighted by molar-refractivity contribution is 0.0916. The van der Waals surface area contributed by atoms with Crippen molar-refractivity contribution >= 4 is 5.91 Å². The molecule has 1 heterocycles. The van der Waals surface area contributed by atoms with Gasteiger partial charge in [-0.1, -0.05) is 0 Å². The topological polar surface area (TPSA) is 106 Å². The summed E-state index contributed by atoms with van der Waals surface area (Å²) in [4.78, 5) is 21.9. The first-order valence-corrected chi connectivity index (χ1v) is 3.41. The number of hydrogen-bond donors (Lipinski definition) is 3. The molecule has 0 fully saturated rings. The molecule has 1 aromatic heterocycles. The van der Waals surface area contributed by atoms with Gasteiger partial charge in [-0.3, -0.25) is 15.0 Å². The molecule has 0 spiro atoms. The van der Waals surface area contributed by atoms with Crippen LogP contribution >= 0.6 is 0 Å². The standard InChI is InChI=1S/C7H8N2O4/c1-3-2-4(10)5(11)6(13-3)7(12)9-8/h2,11H,8H2,1H3,(H,9,12). The molecule has 0 aliphatic rings. The van der Waals surface area contributed by atoms with Gasteiger partial charge in [-0.15, -0.1) is 0 Å². The Morgan fingerprint density at radius 1 is 1.69 bits per heavy atom. The van der Waals surface area contributed by atoms with Crippen LogP contribution in [0.25, 0.3) is 0 Å². The highest BCUT2D eigenvalue weighted by Gasteiger charge is 2.16. The lowest BCUT2D eigenvalue weighted by atomic mass is 10.3. The van der Waals surface area contributed by atoms with E-state index in [2.05, 4.69) is 0 Å². The van der Waals surface area contributed by atoms with Gasteiger partial charge in [0, 0.05) is 6.07 Å². The van der Waals surface area contributed by atoms with Crippen LogP contribution in [0.15, 0.2) is 15.3 Å². The monoisotopic (exact) mass is 184 g/mol. The van der Waals surface area contributed by atoms with Crippen LogP contribution in [0, 0.1) is 6.92 Å². The van der Waals surface area contributed by atoms with Gasteiger partial charge in [-0.25, -0.2) is 5.84 Å². The predicted molar refractivity (Wildman–Crippen MR) is 43.0 cm³/mol. The van der Waals surface area contributed by atoms with Gasteiger partial charge in [0.1, 0.15) is 5.76 Å². The third-order valence-corrected chi connectivity index (χ3v) is 1.38. The number of hydrogen-bond acceptors (Lipinski definition) is 5. The maximum atomic E-state index is 11.0. The fourth-order valence-electron chi connectivity index (χ4n) is 0.823. The summed E-state index contributed by atoms with van der Waals surface area (Å²) in [7, 11) is 0. The molecule has 1 aromatic rings. The van der Waals surface area contributed by atoms with E-state index in [0.717, 1.165) is 6.07 Å². The van der Waals surface area contributed by atoms with Crippen LogP contribution in [0.2, 0.25) is 0 Å². The van der Waals surface area contributed by atoms with E-state index in [-0.39, 0.29) is 5.76 Å². The second-order valence-electron chi connectivity index (χ2n) is 2.37. The van der Waals surface area contributed by atoms with E-state index in [0.29, 0.717) is 0 Å². The Balaban J connectivity index is 3.37. The van der Waals surface area contributed by atoms with Crippen LogP contribution in [0.3, 0.4) is 0 Å². The summed E-state index contributed by atoms with van der Waals surface area (Å²) in [5.41, 5.74) is 1.07. The van der Waals surface area contributed by atoms with E-state index in [9.17, 15) is 9.59 Å². The third-order valence-electron chi connectivity index (χ3n) is 1.38. The van der Waals surface area contributed by atoms with E-state index in [1.807, 2.05) is 0 Å². The van der Waals surface area contributed by atoms with Gasteiger partial charge in [-0.2, -0.15) is 0 Å². The van der Waals surface area contributed by atoms with Crippen LogP contribution in [-0.2, 0) is 0 Å². The SMILES string of the molecule is Cc1cc(=O)c(O)c(C(=O)NN)o1. The highest BCUT2D eigenvalue weighted by molar-refractivity contribution is 5.93. The van der Waals surface area contributed by atoms with Gasteiger partial charge in [-0.05, 0) is 6.92 Å². The molecule has 0 aromatic carbocycles. The average Bonchev–Trinajstić information content (AvgIpc) is 2.10. The Hall–Kier alpha value is -1.82. The predicted octanol–water partition coefficient (Wildman–Crippen LogP) is -0.743. The van der Waals surface area contributed by atoms with E-state index < -0.39 is 22.8 Å². The number of nitrogens with one attached hydrogen (secondary N) is 1. The average molecular weight is 184 g/mol. The Bertz CT molecular complexity index is 396. The van der Waals surface area contributed by atoms with E-state index >= 15 is 0 Å². The lowest BCUT2D eigenvalue weighted by Crippen LogP contribution is -2.30. The summed E-state index contributed by atoms with van der Waals surface area (Å²) in [6, 6.07) is 1.07. The zero-order valence-electron chi connectivity index (χ0n) is 6.83. The van der Waals surface area contributed by atoms with Crippen molar-refractivity contribution in [2.45, 2.75) is 6.92 Å². The second-order valence-corrected chi connectivity index (χ2v) is 2.37. The summed E-state index contributed by atoms with van der Waals surface area (Å²) in [5, 5.41) is 9.10. The van der Waals surface area contributed by atoms with Crippen molar-refractivity contribution in [2.24, 2.45) is 5.84 Å². The van der Waals surface area contributed by atoms with Gasteiger partial charge in [0.25, 0.3) is 0 Å². The molecule has 6 nitrogen and oxygen atoms in total. The van der Waals surface area contributed by atoms with Crippen LogP contribution in [0.4, 0.5) is 0 Å². The Morgan fingerprint density at radius 2 is 2.31 bits per heavy atom. The number of carbonyl (C=O) groups excluding carboxylic acids is 1. The van der Waals surface area contributed by atoms with Crippen molar-refractivity contribution in [3.8, 4) is 5.75 Å². The van der Waals surface area contributed by atoms with Crippen LogP contribution in [0.1, 0.15) is 16.3 Å². The zero-order valence-corrected chi connectivity index (χ0v) is 6.83. The molecule has 0 saturated carbocycles. The first-order valence-electron chi connectivity index (χ1n) is 3.41. The van der Waals surface area contributed by atoms with Crippen LogP contribution in [0.5, 0.6) is 5.75 Å². The molecule has 70 valence electrons. The summed E-state index contributed by atoms with van der Waals surface area (Å²) in [6.45, 7) is 1.48. The van der Waals surface area contributed by atoms with Crippen molar-refractivity contribution < 1.29 is 14.3 Å². The van der Waals surface area contributed by atoms with Crippen LogP contribution in [-0.4, -0.2) is 11.0 Å². The largest absolute Gasteiger partial charge is 0.501 e. The van der Waals surface area contributed by atoms with Crippen LogP contribution < -0.4 is 16.7 Å². The van der Waals surface area contributed by atoms with E-state index in [1.165, 1.54) is 6.92 Å². The molecule has 4 N–H and O–H groups in total. The molecule has 0 unspecified atom stereocenters. The number of nitrogens with two attached hydrogens (primary N) is 1. The minimum Gasteiger partial charge on any atom is -0.501 e. The molecule has 0 radical (unpaired) electrons. The van der Waals surface area contributed by atoms with E-state index in [4.69, 9.17) is 15.4 Å². The normalized spacial score (nSPS) is 9.69. The molecular formula is C7H8N2O4. The van der Waals surface area contributed by atoms with Gasteiger partial charge in [0.2, 0.25) is 16.9 Å². The number of carbonyl (C=O) groups is 1. The smallest absolute Gasteiger partial charge is 0.304 e. The van der Waals surface area contributed by atoms with Gasteiger partial charge in [0.05, 0.1) is 0 Å². The lowest BCUT2D eigenvalue weighted by Gasteiger charge is -2.01. The fraction of sp³-hybridized carbons (Fsp3) is 0.143. The zero-order chi connectivity index (χ0) is 10.0. The number of aromatic hydroxyl groups is 1. The number of nitrogen functional groups attached to an aromatic ring is 1. The summed E-state index contributed by atoms with van der Waals surface area (Å²) in [5.74, 6) is 2.95. The number of amides is 1. The summed E-state index contributed by atoms with van der Waals surface area (Å²) in [6.07, 6.45) is 0. The Morgan fingerprint density at radius 3 is 2.85 bits per heavy atom. The third kappa shape index (κ3) is 1.67. The molecule has 0 saturated heterocycles. The van der Waals surface area contributed by atoms with Crippen molar-refractivity contribution in [2.75, 3.05) is 0 Å². The maximum Gasteiger partial charge on any atom is 0.304 e. The fourth-order valence-corrected chi connectivity index (χ4v) is 0.823. The quantitative estimate of drug-likeness (QED) is 0.303. The van der Waals surface area contributed by atoms with Crippen molar-refractivity contribution in [3.63, 3.8) is 0 Å². The van der Waals surface area contributed by atoms with Crippen molar-refractivity contribution in [3.05, 3.63) is 27.8 Å². The number of hydrazine groups is 1. The maximum absolute atomic E-state index is 11.0. The molecule has 13 heavy (non-hydrogen) atoms. The first kappa shape index (κ1) is 9.27. The molecule has 0 bridgehead atoms. The minimum absolute atomic E-state index is 0.224. The highest BCUT2D eigenvalue weighted by Crippen LogP contribution is 2.12. The second kappa shape index (κ2) is 3.28. The Labute approximate surface area is 72.9 Å². The molecule has 1 rings (SSSR count). The van der Waals surface area contributed by atoms with Crippen molar-refractivity contribution in [1.29, 1.82) is 0 Å². The van der Waals surface area contributed by atoms with Gasteiger partial charge >= 0.3 is 5.91 Å². The van der Waals surface area contributed by atoms with Gasteiger partial charge < -0.3 is 9.52 Å². The van der Waals surface area contributed by atoms with E-state index in [1.54, 1.807) is 5.43 Å². The Kier molecular flexibility index (Phi) is 2.34. The minimum atomic E-state index is -0.849. The summed E-state index contributed by atoms with van der Waals surface area (Å²) < 4.78 is 4.80. The summed E-state index contributed by atoms with van der Waals surface area (Å²) >= 11 is 0. The number of aryl methyl sites for hydroxylation is 1. The number of rotatable bonds is 1. The molecule has 0 atom stereocenters. The van der Waals surface area contributed by atoms with Crippen molar-refractivity contribution in [1.82, 2.24) is 5.43 Å². The molecule has 6 heteroatoms. The first-order chi connectivity index (χ1) is 6.06. The molecular weight excluding hydrogens is 176 g/mol. The molecule has 1 amide bonds. The highest BCUT2D eigenvalue weighted by atomic mass is 16.4. The molecule has 0 aliphatic carbocycles.